The number of carbonyl (C=O) groups is 2. The number of aromatic carboxylic acids is 1. The molecule has 0 fully saturated rings. The van der Waals surface area contributed by atoms with Crippen LogP contribution in [-0.2, 0) is 4.79 Å². The van der Waals surface area contributed by atoms with Crippen LogP contribution in [0.1, 0.15) is 28.8 Å². The fraction of sp³-hybridized carbons (Fsp3) is 0.200. The van der Waals surface area contributed by atoms with Crippen molar-refractivity contribution in [1.82, 2.24) is 0 Å². The Morgan fingerprint density at radius 3 is 2.43 bits per heavy atom. The number of carboxylic acid groups (broad SMARTS) is 2. The van der Waals surface area contributed by atoms with E-state index in [2.05, 4.69) is 0 Å². The van der Waals surface area contributed by atoms with Crippen LogP contribution in [0.15, 0.2) is 24.3 Å². The first-order valence-electron chi connectivity index (χ1n) is 4.08. The molecule has 4 heteroatoms. The number of hydrogen-bond donors (Lipinski definition) is 2. The lowest BCUT2D eigenvalue weighted by molar-refractivity contribution is -0.138. The fourth-order valence-corrected chi connectivity index (χ4v) is 1.08. The highest BCUT2D eigenvalue weighted by atomic mass is 16.4. The van der Waals surface area contributed by atoms with E-state index in [1.807, 2.05) is 0 Å². The Morgan fingerprint density at radius 1 is 1.29 bits per heavy atom. The predicted octanol–water partition coefficient (Wildman–Crippen LogP) is 1.57. The van der Waals surface area contributed by atoms with Crippen LogP contribution in [0.2, 0.25) is 0 Å². The number of carboxylic acids is 2. The van der Waals surface area contributed by atoms with Crippen molar-refractivity contribution in [3.63, 3.8) is 0 Å². The zero-order chi connectivity index (χ0) is 10.7. The van der Waals surface area contributed by atoms with Crippen LogP contribution in [0.5, 0.6) is 0 Å². The number of aliphatic carboxylic acids is 1. The molecule has 1 aromatic rings. The molecule has 1 rings (SSSR count). The van der Waals surface area contributed by atoms with Gasteiger partial charge in [-0.3, -0.25) is 4.79 Å². The zero-order valence-corrected chi connectivity index (χ0v) is 7.60. The molecule has 0 amide bonds. The third kappa shape index (κ3) is 2.10. The van der Waals surface area contributed by atoms with Gasteiger partial charge in [-0.15, -0.1) is 0 Å². The molecule has 0 aliphatic carbocycles. The van der Waals surface area contributed by atoms with E-state index >= 15 is 0 Å². The van der Waals surface area contributed by atoms with Crippen molar-refractivity contribution < 1.29 is 19.8 Å². The summed E-state index contributed by atoms with van der Waals surface area (Å²) < 4.78 is 0. The molecule has 0 saturated heterocycles. The van der Waals surface area contributed by atoms with E-state index < -0.39 is 17.9 Å². The van der Waals surface area contributed by atoms with Gasteiger partial charge >= 0.3 is 11.9 Å². The maximum absolute atomic E-state index is 10.6. The Balaban J connectivity index is 3.05. The monoisotopic (exact) mass is 194 g/mol. The van der Waals surface area contributed by atoms with E-state index in [0.717, 1.165) is 0 Å². The lowest BCUT2D eigenvalue weighted by Gasteiger charge is -2.06. The van der Waals surface area contributed by atoms with E-state index in [4.69, 9.17) is 10.2 Å². The van der Waals surface area contributed by atoms with Gasteiger partial charge in [0.2, 0.25) is 0 Å². The van der Waals surface area contributed by atoms with Gasteiger partial charge in [0.25, 0.3) is 0 Å². The molecule has 74 valence electrons. The van der Waals surface area contributed by atoms with Crippen molar-refractivity contribution in [3.8, 4) is 0 Å². The van der Waals surface area contributed by atoms with Gasteiger partial charge in [0.05, 0.1) is 11.5 Å². The first kappa shape index (κ1) is 10.2. The Kier molecular flexibility index (Phi) is 2.86. The lowest BCUT2D eigenvalue weighted by atomic mass is 9.99. The SMILES string of the molecule is CC(C(=O)O)c1cccc(C(=O)O)c1. The summed E-state index contributed by atoms with van der Waals surface area (Å²) in [6.07, 6.45) is 0. The molecule has 0 radical (unpaired) electrons. The van der Waals surface area contributed by atoms with E-state index in [1.165, 1.54) is 25.1 Å². The molecule has 0 bridgehead atoms. The van der Waals surface area contributed by atoms with E-state index in [0.29, 0.717) is 5.56 Å². The highest BCUT2D eigenvalue weighted by Gasteiger charge is 2.14. The minimum absolute atomic E-state index is 0.107. The molecule has 1 unspecified atom stereocenters. The van der Waals surface area contributed by atoms with Crippen molar-refractivity contribution in [2.24, 2.45) is 0 Å². The molecule has 0 aliphatic heterocycles. The molecule has 0 aliphatic rings. The Labute approximate surface area is 80.8 Å². The van der Waals surface area contributed by atoms with Gasteiger partial charge in [-0.25, -0.2) is 4.79 Å². The van der Waals surface area contributed by atoms with Crippen LogP contribution in [0.4, 0.5) is 0 Å². The number of benzene rings is 1. The summed E-state index contributed by atoms with van der Waals surface area (Å²) in [6, 6.07) is 5.95. The topological polar surface area (TPSA) is 74.6 Å². The van der Waals surface area contributed by atoms with Crippen LogP contribution >= 0.6 is 0 Å². The largest absolute Gasteiger partial charge is 0.481 e. The molecule has 2 N–H and O–H groups in total. The van der Waals surface area contributed by atoms with Crippen LogP contribution in [0.25, 0.3) is 0 Å². The zero-order valence-electron chi connectivity index (χ0n) is 7.60. The lowest BCUT2D eigenvalue weighted by Crippen LogP contribution is -2.08. The minimum atomic E-state index is -1.05. The second-order valence-electron chi connectivity index (χ2n) is 2.99. The third-order valence-corrected chi connectivity index (χ3v) is 2.00. The Morgan fingerprint density at radius 2 is 1.93 bits per heavy atom. The average Bonchev–Trinajstić information content (AvgIpc) is 2.16. The maximum Gasteiger partial charge on any atom is 0.335 e. The molecule has 0 saturated carbocycles. The van der Waals surface area contributed by atoms with Crippen molar-refractivity contribution >= 4 is 11.9 Å². The summed E-state index contributed by atoms with van der Waals surface area (Å²) in [5.41, 5.74) is 0.605. The van der Waals surface area contributed by atoms with E-state index in [9.17, 15) is 9.59 Å². The molecule has 1 aromatic carbocycles. The first-order valence-corrected chi connectivity index (χ1v) is 4.08. The van der Waals surface area contributed by atoms with Crippen LogP contribution in [0.3, 0.4) is 0 Å². The summed E-state index contributed by atoms with van der Waals surface area (Å²) in [5.74, 6) is -2.70. The second kappa shape index (κ2) is 3.91. The number of hydrogen-bond acceptors (Lipinski definition) is 2. The molecule has 4 nitrogen and oxygen atoms in total. The summed E-state index contributed by atoms with van der Waals surface area (Å²) in [7, 11) is 0. The van der Waals surface area contributed by atoms with Gasteiger partial charge in [-0.1, -0.05) is 12.1 Å². The van der Waals surface area contributed by atoms with Crippen molar-refractivity contribution in [2.75, 3.05) is 0 Å². The third-order valence-electron chi connectivity index (χ3n) is 2.00. The molecule has 1 atom stereocenters. The van der Waals surface area contributed by atoms with Crippen LogP contribution in [0, 0.1) is 0 Å². The van der Waals surface area contributed by atoms with Crippen molar-refractivity contribution in [1.29, 1.82) is 0 Å². The molecule has 0 aromatic heterocycles. The Hall–Kier alpha value is -1.84. The van der Waals surface area contributed by atoms with E-state index in [1.54, 1.807) is 6.07 Å². The van der Waals surface area contributed by atoms with Gasteiger partial charge in [-0.2, -0.15) is 0 Å². The summed E-state index contributed by atoms with van der Waals surface area (Å²) in [6.45, 7) is 1.52. The summed E-state index contributed by atoms with van der Waals surface area (Å²) in [4.78, 5) is 21.2. The van der Waals surface area contributed by atoms with Gasteiger partial charge in [0.15, 0.2) is 0 Å². The minimum Gasteiger partial charge on any atom is -0.481 e. The summed E-state index contributed by atoms with van der Waals surface area (Å²) in [5, 5.41) is 17.4. The predicted molar refractivity (Wildman–Crippen MR) is 49.5 cm³/mol. The standard InChI is InChI=1S/C10H10O4/c1-6(9(11)12)7-3-2-4-8(5-7)10(13)14/h2-6H,1H3,(H,11,12)(H,13,14). The fourth-order valence-electron chi connectivity index (χ4n) is 1.08. The van der Waals surface area contributed by atoms with Crippen molar-refractivity contribution in [2.45, 2.75) is 12.8 Å². The first-order chi connectivity index (χ1) is 6.52. The summed E-state index contributed by atoms with van der Waals surface area (Å²) >= 11 is 0. The van der Waals surface area contributed by atoms with Crippen LogP contribution < -0.4 is 0 Å². The van der Waals surface area contributed by atoms with Crippen LogP contribution in [-0.4, -0.2) is 22.2 Å². The molecular weight excluding hydrogens is 184 g/mol. The quantitative estimate of drug-likeness (QED) is 0.765. The van der Waals surface area contributed by atoms with Gasteiger partial charge < -0.3 is 10.2 Å². The molecule has 0 spiro atoms. The van der Waals surface area contributed by atoms with Crippen molar-refractivity contribution in [3.05, 3.63) is 35.4 Å². The maximum atomic E-state index is 10.6. The van der Waals surface area contributed by atoms with Gasteiger partial charge in [0.1, 0.15) is 0 Å². The van der Waals surface area contributed by atoms with E-state index in [-0.39, 0.29) is 5.56 Å². The molecule has 0 heterocycles. The second-order valence-corrected chi connectivity index (χ2v) is 2.99. The normalized spacial score (nSPS) is 12.1. The van der Waals surface area contributed by atoms with Gasteiger partial charge in [-0.05, 0) is 24.6 Å². The molecule has 14 heavy (non-hydrogen) atoms. The highest BCUT2D eigenvalue weighted by molar-refractivity contribution is 5.88. The number of rotatable bonds is 3. The highest BCUT2D eigenvalue weighted by Crippen LogP contribution is 2.16. The van der Waals surface area contributed by atoms with Gasteiger partial charge in [0, 0.05) is 0 Å². The average molecular weight is 194 g/mol. The Bertz CT molecular complexity index is 370. The molecular formula is C10H10O4. The smallest absolute Gasteiger partial charge is 0.335 e.